The summed E-state index contributed by atoms with van der Waals surface area (Å²) in [6, 6.07) is 9.73. The first-order valence-corrected chi connectivity index (χ1v) is 10.9. The molecule has 26 heavy (non-hydrogen) atoms. The van der Waals surface area contributed by atoms with E-state index in [2.05, 4.69) is 16.3 Å². The highest BCUT2D eigenvalue weighted by Crippen LogP contribution is 2.27. The highest BCUT2D eigenvalue weighted by atomic mass is 32.2. The van der Waals surface area contributed by atoms with Crippen molar-refractivity contribution in [2.75, 3.05) is 37.6 Å². The smallest absolute Gasteiger partial charge is 0.262 e. The standard InChI is InChI=1S/C18H23N3O3S2/c1-3-19-18(22)17-16(7-12-25-17)26(23,24)21-10-8-20(9-11-21)15-6-4-5-14(2)13-15/h4-7,12-13H,3,8-11H2,1-2H3,(H,19,22). The molecule has 6 nitrogen and oxygen atoms in total. The molecule has 1 amide bonds. The van der Waals surface area contributed by atoms with Crippen LogP contribution in [0.15, 0.2) is 40.6 Å². The van der Waals surface area contributed by atoms with E-state index in [1.54, 1.807) is 5.38 Å². The number of thiophene rings is 1. The average Bonchev–Trinajstić information content (AvgIpc) is 3.13. The van der Waals surface area contributed by atoms with Crippen LogP contribution in [0.4, 0.5) is 5.69 Å². The summed E-state index contributed by atoms with van der Waals surface area (Å²) in [5.41, 5.74) is 2.29. The number of carbonyl (C=O) groups excluding carboxylic acids is 1. The zero-order valence-corrected chi connectivity index (χ0v) is 16.6. The summed E-state index contributed by atoms with van der Waals surface area (Å²) in [6.07, 6.45) is 0. The zero-order valence-electron chi connectivity index (χ0n) is 14.9. The van der Waals surface area contributed by atoms with Gasteiger partial charge in [-0.15, -0.1) is 11.3 Å². The van der Waals surface area contributed by atoms with Gasteiger partial charge in [0.1, 0.15) is 9.77 Å². The van der Waals surface area contributed by atoms with Crippen LogP contribution in [0.2, 0.25) is 0 Å². The molecule has 140 valence electrons. The minimum atomic E-state index is -3.67. The lowest BCUT2D eigenvalue weighted by Gasteiger charge is -2.35. The number of hydrogen-bond donors (Lipinski definition) is 1. The Morgan fingerprint density at radius 3 is 2.58 bits per heavy atom. The van der Waals surface area contributed by atoms with E-state index in [0.717, 1.165) is 17.0 Å². The molecule has 0 spiro atoms. The summed E-state index contributed by atoms with van der Waals surface area (Å²) in [6.45, 7) is 6.38. The van der Waals surface area contributed by atoms with E-state index in [4.69, 9.17) is 0 Å². The molecule has 0 aliphatic carbocycles. The van der Waals surface area contributed by atoms with Crippen molar-refractivity contribution in [2.45, 2.75) is 18.7 Å². The highest BCUT2D eigenvalue weighted by molar-refractivity contribution is 7.89. The first-order valence-electron chi connectivity index (χ1n) is 8.61. The number of amides is 1. The van der Waals surface area contributed by atoms with Gasteiger partial charge < -0.3 is 10.2 Å². The third-order valence-corrected chi connectivity index (χ3v) is 7.38. The molecule has 1 fully saturated rings. The Morgan fingerprint density at radius 1 is 1.19 bits per heavy atom. The van der Waals surface area contributed by atoms with Crippen molar-refractivity contribution < 1.29 is 13.2 Å². The van der Waals surface area contributed by atoms with Crippen molar-refractivity contribution >= 4 is 33.0 Å². The van der Waals surface area contributed by atoms with Crippen LogP contribution in [0.5, 0.6) is 0 Å². The molecule has 0 atom stereocenters. The van der Waals surface area contributed by atoms with Gasteiger partial charge in [-0.25, -0.2) is 8.42 Å². The monoisotopic (exact) mass is 393 g/mol. The summed E-state index contributed by atoms with van der Waals surface area (Å²) in [4.78, 5) is 14.7. The quantitative estimate of drug-likeness (QED) is 0.846. The van der Waals surface area contributed by atoms with Gasteiger partial charge in [0.25, 0.3) is 5.91 Å². The number of piperazine rings is 1. The maximum Gasteiger partial charge on any atom is 0.262 e. The number of aryl methyl sites for hydroxylation is 1. The third-order valence-electron chi connectivity index (χ3n) is 4.40. The number of rotatable bonds is 5. The molecule has 8 heteroatoms. The van der Waals surface area contributed by atoms with Gasteiger partial charge >= 0.3 is 0 Å². The van der Waals surface area contributed by atoms with Crippen molar-refractivity contribution in [1.29, 1.82) is 0 Å². The summed E-state index contributed by atoms with van der Waals surface area (Å²) in [5, 5.41) is 4.33. The van der Waals surface area contributed by atoms with Crippen LogP contribution in [-0.2, 0) is 10.0 Å². The molecule has 1 aromatic carbocycles. The predicted octanol–water partition coefficient (Wildman–Crippen LogP) is 2.32. The van der Waals surface area contributed by atoms with Crippen molar-refractivity contribution in [1.82, 2.24) is 9.62 Å². The van der Waals surface area contributed by atoms with Gasteiger partial charge in [0, 0.05) is 38.4 Å². The van der Waals surface area contributed by atoms with Crippen LogP contribution >= 0.6 is 11.3 Å². The zero-order chi connectivity index (χ0) is 18.7. The number of carbonyl (C=O) groups is 1. The fourth-order valence-corrected chi connectivity index (χ4v) is 5.80. The number of anilines is 1. The molecule has 1 N–H and O–H groups in total. The van der Waals surface area contributed by atoms with E-state index >= 15 is 0 Å². The van der Waals surface area contributed by atoms with Gasteiger partial charge in [-0.1, -0.05) is 12.1 Å². The van der Waals surface area contributed by atoms with E-state index in [0.29, 0.717) is 32.7 Å². The molecular formula is C18H23N3O3S2. The number of hydrogen-bond acceptors (Lipinski definition) is 5. The Balaban J connectivity index is 1.75. The average molecular weight is 394 g/mol. The number of nitrogens with one attached hydrogen (secondary N) is 1. The van der Waals surface area contributed by atoms with Gasteiger partial charge in [0.2, 0.25) is 10.0 Å². The molecule has 3 rings (SSSR count). The molecular weight excluding hydrogens is 370 g/mol. The summed E-state index contributed by atoms with van der Waals surface area (Å²) >= 11 is 1.16. The highest BCUT2D eigenvalue weighted by Gasteiger charge is 2.32. The lowest BCUT2D eigenvalue weighted by Crippen LogP contribution is -2.48. The maximum atomic E-state index is 13.0. The Bertz CT molecular complexity index is 885. The third kappa shape index (κ3) is 3.77. The number of nitrogens with zero attached hydrogens (tertiary/aromatic N) is 2. The van der Waals surface area contributed by atoms with Crippen LogP contribution in [0.1, 0.15) is 22.2 Å². The second-order valence-electron chi connectivity index (χ2n) is 6.20. The molecule has 2 aromatic rings. The van der Waals surface area contributed by atoms with E-state index in [1.807, 2.05) is 32.0 Å². The second kappa shape index (κ2) is 7.77. The van der Waals surface area contributed by atoms with Gasteiger partial charge in [-0.2, -0.15) is 4.31 Å². The van der Waals surface area contributed by atoms with Crippen molar-refractivity contribution in [3.63, 3.8) is 0 Å². The van der Waals surface area contributed by atoms with Crippen LogP contribution < -0.4 is 10.2 Å². The Kier molecular flexibility index (Phi) is 5.64. The normalized spacial score (nSPS) is 15.8. The molecule has 2 heterocycles. The number of sulfonamides is 1. The molecule has 0 unspecified atom stereocenters. The number of benzene rings is 1. The van der Waals surface area contributed by atoms with Gasteiger partial charge in [0.15, 0.2) is 0 Å². The Morgan fingerprint density at radius 2 is 1.92 bits per heavy atom. The molecule has 1 aliphatic heterocycles. The first kappa shape index (κ1) is 18.9. The van der Waals surface area contributed by atoms with Crippen LogP contribution in [0.25, 0.3) is 0 Å². The fraction of sp³-hybridized carbons (Fsp3) is 0.389. The lowest BCUT2D eigenvalue weighted by atomic mass is 10.2. The molecule has 0 radical (unpaired) electrons. The Labute approximate surface area is 158 Å². The molecule has 1 aromatic heterocycles. The summed E-state index contributed by atoms with van der Waals surface area (Å²) in [7, 11) is -3.67. The summed E-state index contributed by atoms with van der Waals surface area (Å²) in [5.74, 6) is -0.334. The van der Waals surface area contributed by atoms with Gasteiger partial charge in [-0.3, -0.25) is 4.79 Å². The molecule has 1 saturated heterocycles. The summed E-state index contributed by atoms with van der Waals surface area (Å²) < 4.78 is 27.5. The predicted molar refractivity (Wildman–Crippen MR) is 104 cm³/mol. The van der Waals surface area contributed by atoms with Crippen LogP contribution in [0, 0.1) is 6.92 Å². The van der Waals surface area contributed by atoms with Crippen LogP contribution in [0.3, 0.4) is 0 Å². The second-order valence-corrected chi connectivity index (χ2v) is 9.03. The largest absolute Gasteiger partial charge is 0.369 e. The van der Waals surface area contributed by atoms with Crippen molar-refractivity contribution in [3.05, 3.63) is 46.2 Å². The molecule has 0 bridgehead atoms. The van der Waals surface area contributed by atoms with Crippen molar-refractivity contribution in [2.24, 2.45) is 0 Å². The van der Waals surface area contributed by atoms with Gasteiger partial charge in [-0.05, 0) is 43.0 Å². The van der Waals surface area contributed by atoms with Crippen molar-refractivity contribution in [3.8, 4) is 0 Å². The SMILES string of the molecule is CCNC(=O)c1sccc1S(=O)(=O)N1CCN(c2cccc(C)c2)CC1. The first-order chi connectivity index (χ1) is 12.4. The maximum absolute atomic E-state index is 13.0. The van der Waals surface area contributed by atoms with Crippen LogP contribution in [-0.4, -0.2) is 51.4 Å². The van der Waals surface area contributed by atoms with E-state index in [1.165, 1.54) is 15.9 Å². The van der Waals surface area contributed by atoms with E-state index in [9.17, 15) is 13.2 Å². The minimum Gasteiger partial charge on any atom is -0.369 e. The van der Waals surface area contributed by atoms with E-state index in [-0.39, 0.29) is 15.7 Å². The molecule has 0 saturated carbocycles. The topological polar surface area (TPSA) is 69.7 Å². The molecule has 1 aliphatic rings. The fourth-order valence-electron chi connectivity index (χ4n) is 3.06. The Hall–Kier alpha value is -1.90. The lowest BCUT2D eigenvalue weighted by molar-refractivity contribution is 0.0956. The minimum absolute atomic E-state index is 0.109. The van der Waals surface area contributed by atoms with E-state index < -0.39 is 10.0 Å². The van der Waals surface area contributed by atoms with Gasteiger partial charge in [0.05, 0.1) is 0 Å².